The number of thiophene rings is 1. The van der Waals surface area contributed by atoms with E-state index in [1.165, 1.54) is 11.3 Å². The minimum atomic E-state index is -3.33. The highest BCUT2D eigenvalue weighted by molar-refractivity contribution is 9.09. The van der Waals surface area contributed by atoms with Gasteiger partial charge in [-0.3, -0.25) is 0 Å². The molecule has 0 bridgehead atoms. The van der Waals surface area contributed by atoms with E-state index < -0.39 is 10.0 Å². The van der Waals surface area contributed by atoms with E-state index in [0.29, 0.717) is 10.8 Å². The number of hydrogen-bond acceptors (Lipinski definition) is 3. The van der Waals surface area contributed by atoms with Crippen molar-refractivity contribution in [1.82, 2.24) is 4.72 Å². The topological polar surface area (TPSA) is 46.2 Å². The van der Waals surface area contributed by atoms with Crippen LogP contribution in [0.5, 0.6) is 0 Å². The average Bonchev–Trinajstić information content (AvgIpc) is 2.86. The van der Waals surface area contributed by atoms with Gasteiger partial charge in [0.1, 0.15) is 4.21 Å². The number of rotatable bonds is 7. The molecule has 1 aromatic rings. The van der Waals surface area contributed by atoms with Gasteiger partial charge in [0.25, 0.3) is 0 Å². The Labute approximate surface area is 116 Å². The lowest BCUT2D eigenvalue weighted by atomic mass is 9.85. The third-order valence-electron chi connectivity index (χ3n) is 3.18. The quantitative estimate of drug-likeness (QED) is 0.775. The lowest BCUT2D eigenvalue weighted by Crippen LogP contribution is -2.37. The van der Waals surface area contributed by atoms with Gasteiger partial charge in [-0.25, -0.2) is 13.1 Å². The maximum Gasteiger partial charge on any atom is 0.250 e. The van der Waals surface area contributed by atoms with Gasteiger partial charge in [0.15, 0.2) is 0 Å². The van der Waals surface area contributed by atoms with E-state index in [1.807, 2.05) is 0 Å². The molecule has 0 aliphatic rings. The molecule has 98 valence electrons. The molecule has 0 radical (unpaired) electrons. The lowest BCUT2D eigenvalue weighted by molar-refractivity contribution is 0.310. The Morgan fingerprint density at radius 2 is 2.06 bits per heavy atom. The summed E-state index contributed by atoms with van der Waals surface area (Å²) in [5.74, 6) is 0. The highest BCUT2D eigenvalue weighted by Crippen LogP contribution is 2.28. The van der Waals surface area contributed by atoms with Crippen LogP contribution in [0.3, 0.4) is 0 Å². The first-order valence-corrected chi connectivity index (χ1v) is 9.07. The van der Waals surface area contributed by atoms with E-state index >= 15 is 0 Å². The maximum absolute atomic E-state index is 12.0. The molecule has 0 spiro atoms. The van der Waals surface area contributed by atoms with Crippen molar-refractivity contribution < 1.29 is 8.42 Å². The van der Waals surface area contributed by atoms with Crippen LogP contribution in [0.2, 0.25) is 0 Å². The van der Waals surface area contributed by atoms with Crippen molar-refractivity contribution in [2.45, 2.75) is 30.9 Å². The Morgan fingerprint density at radius 1 is 1.41 bits per heavy atom. The molecule has 0 fully saturated rings. The molecule has 0 aromatic carbocycles. The molecule has 3 nitrogen and oxygen atoms in total. The Kier molecular flexibility index (Phi) is 5.63. The summed E-state index contributed by atoms with van der Waals surface area (Å²) in [5.41, 5.74) is 0.00430. The van der Waals surface area contributed by atoms with Crippen LogP contribution >= 0.6 is 27.3 Å². The smallest absolute Gasteiger partial charge is 0.210 e. The zero-order valence-electron chi connectivity index (χ0n) is 10.1. The summed E-state index contributed by atoms with van der Waals surface area (Å²) in [6.07, 6.45) is 1.89. The van der Waals surface area contributed by atoms with Gasteiger partial charge in [-0.1, -0.05) is 35.8 Å². The van der Waals surface area contributed by atoms with Crippen LogP contribution in [0.4, 0.5) is 0 Å². The van der Waals surface area contributed by atoms with Gasteiger partial charge >= 0.3 is 0 Å². The van der Waals surface area contributed by atoms with E-state index in [2.05, 4.69) is 34.5 Å². The predicted octanol–water partition coefficient (Wildman–Crippen LogP) is 3.23. The van der Waals surface area contributed by atoms with Crippen molar-refractivity contribution >= 4 is 37.3 Å². The molecule has 17 heavy (non-hydrogen) atoms. The molecule has 1 N–H and O–H groups in total. The predicted molar refractivity (Wildman–Crippen MR) is 76.3 cm³/mol. The average molecular weight is 340 g/mol. The number of alkyl halides is 1. The van der Waals surface area contributed by atoms with Gasteiger partial charge < -0.3 is 0 Å². The van der Waals surface area contributed by atoms with Crippen molar-refractivity contribution in [2.24, 2.45) is 5.41 Å². The first-order chi connectivity index (χ1) is 7.99. The van der Waals surface area contributed by atoms with Crippen molar-refractivity contribution in [2.75, 3.05) is 11.9 Å². The first kappa shape index (κ1) is 15.1. The minimum absolute atomic E-state index is 0.00430. The molecule has 1 aromatic heterocycles. The number of hydrogen-bond donors (Lipinski definition) is 1. The molecular weight excluding hydrogens is 322 g/mol. The zero-order chi connectivity index (χ0) is 12.9. The fourth-order valence-corrected chi connectivity index (χ4v) is 4.66. The largest absolute Gasteiger partial charge is 0.250 e. The van der Waals surface area contributed by atoms with Crippen molar-refractivity contribution in [1.29, 1.82) is 0 Å². The van der Waals surface area contributed by atoms with Gasteiger partial charge in [-0.15, -0.1) is 11.3 Å². The van der Waals surface area contributed by atoms with Crippen LogP contribution in [0.1, 0.15) is 26.7 Å². The minimum Gasteiger partial charge on any atom is -0.210 e. The molecule has 0 atom stereocenters. The Hall–Kier alpha value is 0.0900. The summed E-state index contributed by atoms with van der Waals surface area (Å²) in [6, 6.07) is 3.37. The van der Waals surface area contributed by atoms with E-state index in [4.69, 9.17) is 0 Å². The highest BCUT2D eigenvalue weighted by Gasteiger charge is 2.27. The molecule has 1 rings (SSSR count). The first-order valence-electron chi connectivity index (χ1n) is 5.59. The summed E-state index contributed by atoms with van der Waals surface area (Å²) < 4.78 is 27.0. The summed E-state index contributed by atoms with van der Waals surface area (Å²) in [5, 5.41) is 2.58. The van der Waals surface area contributed by atoms with Gasteiger partial charge in [-0.2, -0.15) is 0 Å². The summed E-state index contributed by atoms with van der Waals surface area (Å²) in [4.78, 5) is 0. The van der Waals surface area contributed by atoms with Crippen molar-refractivity contribution in [3.8, 4) is 0 Å². The van der Waals surface area contributed by atoms with E-state index in [0.717, 1.165) is 18.2 Å². The molecule has 0 unspecified atom stereocenters. The second kappa shape index (κ2) is 6.31. The zero-order valence-corrected chi connectivity index (χ0v) is 13.3. The van der Waals surface area contributed by atoms with Gasteiger partial charge in [0.2, 0.25) is 10.0 Å². The van der Waals surface area contributed by atoms with Crippen LogP contribution < -0.4 is 4.72 Å². The van der Waals surface area contributed by atoms with Gasteiger partial charge in [0.05, 0.1) is 0 Å². The third kappa shape index (κ3) is 3.77. The standard InChI is InChI=1S/C11H18BrNO2S2/c1-3-11(4-2,8-12)9-13-17(14,15)10-6-5-7-16-10/h5-7,13H,3-4,8-9H2,1-2H3. The Bertz CT molecular complexity index is 416. The molecule has 0 saturated carbocycles. The van der Waals surface area contributed by atoms with Crippen molar-refractivity contribution in [3.63, 3.8) is 0 Å². The fourth-order valence-electron chi connectivity index (χ4n) is 1.47. The fraction of sp³-hybridized carbons (Fsp3) is 0.636. The SMILES string of the molecule is CCC(CC)(CBr)CNS(=O)(=O)c1cccs1. The van der Waals surface area contributed by atoms with Crippen molar-refractivity contribution in [3.05, 3.63) is 17.5 Å². The summed E-state index contributed by atoms with van der Waals surface area (Å²) >= 11 is 4.72. The molecular formula is C11H18BrNO2S2. The second-order valence-electron chi connectivity index (χ2n) is 4.10. The Balaban J connectivity index is 2.73. The normalized spacial score (nSPS) is 12.9. The van der Waals surface area contributed by atoms with Crippen LogP contribution in [0.25, 0.3) is 0 Å². The Morgan fingerprint density at radius 3 is 2.47 bits per heavy atom. The van der Waals surface area contributed by atoms with Crippen LogP contribution in [0.15, 0.2) is 21.7 Å². The number of halogens is 1. The highest BCUT2D eigenvalue weighted by atomic mass is 79.9. The molecule has 0 saturated heterocycles. The molecule has 6 heteroatoms. The number of nitrogens with one attached hydrogen (secondary N) is 1. The van der Waals surface area contributed by atoms with Crippen LogP contribution in [-0.4, -0.2) is 20.3 Å². The molecule has 0 amide bonds. The van der Waals surface area contributed by atoms with E-state index in [1.54, 1.807) is 17.5 Å². The maximum atomic E-state index is 12.0. The van der Waals surface area contributed by atoms with E-state index in [9.17, 15) is 8.42 Å². The lowest BCUT2D eigenvalue weighted by Gasteiger charge is -2.29. The molecule has 1 heterocycles. The monoisotopic (exact) mass is 339 g/mol. The van der Waals surface area contributed by atoms with Gasteiger partial charge in [0, 0.05) is 11.9 Å². The third-order valence-corrected chi connectivity index (χ3v) is 7.17. The van der Waals surface area contributed by atoms with Crippen LogP contribution in [-0.2, 0) is 10.0 Å². The second-order valence-corrected chi connectivity index (χ2v) is 7.60. The molecule has 0 aliphatic carbocycles. The van der Waals surface area contributed by atoms with Crippen LogP contribution in [0, 0.1) is 5.41 Å². The number of sulfonamides is 1. The summed E-state index contributed by atoms with van der Waals surface area (Å²) in [7, 11) is -3.33. The van der Waals surface area contributed by atoms with Gasteiger partial charge in [-0.05, 0) is 29.7 Å². The summed E-state index contributed by atoms with van der Waals surface area (Å²) in [6.45, 7) is 4.65. The molecule has 0 aliphatic heterocycles. The van der Waals surface area contributed by atoms with E-state index in [-0.39, 0.29) is 5.41 Å².